The minimum atomic E-state index is -3.84. The molecule has 0 saturated carbocycles. The van der Waals surface area contributed by atoms with Crippen LogP contribution in [0.2, 0.25) is 5.02 Å². The van der Waals surface area contributed by atoms with Crippen molar-refractivity contribution in [1.82, 2.24) is 29.7 Å². The lowest BCUT2D eigenvalue weighted by atomic mass is 10.1. The van der Waals surface area contributed by atoms with E-state index >= 15 is 0 Å². The molecule has 2 heterocycles. The van der Waals surface area contributed by atoms with Gasteiger partial charge in [0, 0.05) is 10.6 Å². The lowest BCUT2D eigenvalue weighted by Crippen LogP contribution is -2.49. The third-order valence-corrected chi connectivity index (χ3v) is 7.47. The van der Waals surface area contributed by atoms with Gasteiger partial charge in [0.1, 0.15) is 23.7 Å². The summed E-state index contributed by atoms with van der Waals surface area (Å²) < 4.78 is 26.8. The highest BCUT2D eigenvalue weighted by molar-refractivity contribution is 7.60. The zero-order chi connectivity index (χ0) is 27.2. The molecule has 1 aromatic carbocycles. The summed E-state index contributed by atoms with van der Waals surface area (Å²) in [5, 5.41) is 5.76. The highest BCUT2D eigenvalue weighted by Gasteiger charge is 2.39. The second-order valence-corrected chi connectivity index (χ2v) is 11.6. The van der Waals surface area contributed by atoms with Crippen LogP contribution in [-0.2, 0) is 25.4 Å². The van der Waals surface area contributed by atoms with Crippen LogP contribution in [0.5, 0.6) is 0 Å². The van der Waals surface area contributed by atoms with Crippen LogP contribution in [-0.4, -0.2) is 56.0 Å². The van der Waals surface area contributed by atoms with Crippen molar-refractivity contribution in [2.75, 3.05) is 18.7 Å². The van der Waals surface area contributed by atoms with Gasteiger partial charge in [0.2, 0.25) is 0 Å². The molecule has 200 valence electrons. The van der Waals surface area contributed by atoms with Crippen molar-refractivity contribution < 1.29 is 23.6 Å². The number of anilines is 1. The first-order valence-electron chi connectivity index (χ1n) is 11.6. The normalized spacial score (nSPS) is 14.2. The molecular weight excluding hydrogens is 521 g/mol. The Kier molecular flexibility index (Phi) is 9.25. The van der Waals surface area contributed by atoms with Crippen LogP contribution >= 0.6 is 19.0 Å². The number of benzene rings is 1. The summed E-state index contributed by atoms with van der Waals surface area (Å²) in [7, 11) is -3.84. The Morgan fingerprint density at radius 2 is 1.92 bits per heavy atom. The lowest BCUT2D eigenvalue weighted by Gasteiger charge is -2.31. The van der Waals surface area contributed by atoms with Crippen molar-refractivity contribution in [3.05, 3.63) is 47.5 Å². The van der Waals surface area contributed by atoms with Gasteiger partial charge in [-0.15, -0.1) is 0 Å². The molecule has 3 aromatic rings. The molecule has 1 unspecified atom stereocenters. The van der Waals surface area contributed by atoms with Gasteiger partial charge in [-0.3, -0.25) is 19.2 Å². The summed E-state index contributed by atoms with van der Waals surface area (Å²) in [6.45, 7) is 7.20. The first-order valence-corrected chi connectivity index (χ1v) is 13.9. The molecule has 0 aliphatic heterocycles. The highest BCUT2D eigenvalue weighted by Crippen LogP contribution is 2.40. The summed E-state index contributed by atoms with van der Waals surface area (Å²) in [5.41, 5.74) is 5.70. The standard InChI is InChI=1S/C23H31ClN7O5P/c1-5-10-35-22(33)23(3,4)30-37(34,29-21(32)16-6-8-17(24)9-7-16)14-36-15(2)11-31-13-28-18-19(25)26-12-27-20(18)31/h6-9,12-13,15H,5,10-11,14H2,1-4H3,(H2,25,26,27)(H2,29,30,32,34)/t15-,37?/m1/s1. The molecular formula is C23H31ClN7O5P. The van der Waals surface area contributed by atoms with E-state index in [2.05, 4.69) is 25.1 Å². The Hall–Kier alpha value is -3.05. The molecule has 2 atom stereocenters. The fraction of sp³-hybridized carbons (Fsp3) is 0.435. The minimum absolute atomic E-state index is 0.214. The maximum absolute atomic E-state index is 14.0. The highest BCUT2D eigenvalue weighted by atomic mass is 35.5. The van der Waals surface area contributed by atoms with Crippen LogP contribution in [0.15, 0.2) is 36.9 Å². The Labute approximate surface area is 219 Å². The number of carbonyl (C=O) groups is 2. The van der Waals surface area contributed by atoms with Gasteiger partial charge < -0.3 is 19.8 Å². The largest absolute Gasteiger partial charge is 0.464 e. The fourth-order valence-electron chi connectivity index (χ4n) is 3.39. The number of imidazole rings is 1. The predicted molar refractivity (Wildman–Crippen MR) is 140 cm³/mol. The van der Waals surface area contributed by atoms with E-state index in [0.717, 1.165) is 0 Å². The second-order valence-electron chi connectivity index (χ2n) is 8.99. The van der Waals surface area contributed by atoms with E-state index in [1.165, 1.54) is 32.3 Å². The van der Waals surface area contributed by atoms with E-state index in [4.69, 9.17) is 26.8 Å². The van der Waals surface area contributed by atoms with Crippen LogP contribution in [0.1, 0.15) is 44.5 Å². The molecule has 0 spiro atoms. The van der Waals surface area contributed by atoms with E-state index in [-0.39, 0.29) is 18.0 Å². The third-order valence-electron chi connectivity index (χ3n) is 5.22. The number of amides is 1. The van der Waals surface area contributed by atoms with Crippen molar-refractivity contribution in [3.8, 4) is 0 Å². The predicted octanol–water partition coefficient (Wildman–Crippen LogP) is 3.37. The van der Waals surface area contributed by atoms with Gasteiger partial charge in [0.05, 0.1) is 25.6 Å². The van der Waals surface area contributed by atoms with E-state index in [1.807, 2.05) is 6.92 Å². The van der Waals surface area contributed by atoms with E-state index in [9.17, 15) is 14.2 Å². The number of rotatable bonds is 12. The Morgan fingerprint density at radius 1 is 1.22 bits per heavy atom. The van der Waals surface area contributed by atoms with Gasteiger partial charge in [0.15, 0.2) is 11.5 Å². The van der Waals surface area contributed by atoms with E-state index < -0.39 is 37.3 Å². The number of nitrogens with zero attached hydrogens (tertiary/aromatic N) is 4. The Morgan fingerprint density at radius 3 is 2.59 bits per heavy atom. The van der Waals surface area contributed by atoms with E-state index in [0.29, 0.717) is 29.2 Å². The van der Waals surface area contributed by atoms with Crippen LogP contribution in [0.25, 0.3) is 11.2 Å². The fourth-order valence-corrected chi connectivity index (χ4v) is 5.62. The molecule has 0 fully saturated rings. The summed E-state index contributed by atoms with van der Waals surface area (Å²) in [4.78, 5) is 37.8. The number of nitrogens with one attached hydrogen (secondary N) is 2. The summed E-state index contributed by atoms with van der Waals surface area (Å²) in [6.07, 6.45) is 2.65. The summed E-state index contributed by atoms with van der Waals surface area (Å²) in [5.74, 6) is -0.965. The monoisotopic (exact) mass is 551 g/mol. The number of esters is 1. The van der Waals surface area contributed by atoms with Crippen molar-refractivity contribution in [3.63, 3.8) is 0 Å². The average Bonchev–Trinajstić information content (AvgIpc) is 3.25. The van der Waals surface area contributed by atoms with Gasteiger partial charge in [-0.05, 0) is 51.5 Å². The number of fused-ring (bicyclic) bond motifs is 1. The molecule has 0 bridgehead atoms. The maximum atomic E-state index is 14.0. The lowest BCUT2D eigenvalue weighted by molar-refractivity contribution is -0.149. The van der Waals surface area contributed by atoms with Crippen LogP contribution in [0.4, 0.5) is 5.82 Å². The van der Waals surface area contributed by atoms with Crippen LogP contribution in [0.3, 0.4) is 0 Å². The number of aromatic nitrogens is 4. The average molecular weight is 552 g/mol. The van der Waals surface area contributed by atoms with Crippen LogP contribution in [0, 0.1) is 0 Å². The number of halogens is 1. The molecule has 0 aliphatic carbocycles. The quantitative estimate of drug-likeness (QED) is 0.224. The third kappa shape index (κ3) is 7.48. The number of hydrogen-bond acceptors (Lipinski definition) is 9. The smallest absolute Gasteiger partial charge is 0.326 e. The molecule has 14 heteroatoms. The number of hydrogen-bond donors (Lipinski definition) is 3. The number of nitrogen functional groups attached to an aromatic ring is 1. The minimum Gasteiger partial charge on any atom is -0.464 e. The van der Waals surface area contributed by atoms with Crippen molar-refractivity contribution in [1.29, 1.82) is 0 Å². The summed E-state index contributed by atoms with van der Waals surface area (Å²) >= 11 is 5.91. The molecule has 4 N–H and O–H groups in total. The number of ether oxygens (including phenoxy) is 2. The topological polar surface area (TPSA) is 163 Å². The van der Waals surface area contributed by atoms with Crippen molar-refractivity contribution >= 4 is 47.9 Å². The first-order chi connectivity index (χ1) is 17.4. The SMILES string of the molecule is CCCOC(=O)C(C)(C)NP(=O)(CO[C@H](C)Cn1cnc2c(N)ncnc21)NC(=O)c1ccc(Cl)cc1. The first kappa shape index (κ1) is 28.5. The number of carbonyl (C=O) groups excluding carboxylic acids is 2. The molecule has 1 amide bonds. The van der Waals surface area contributed by atoms with Gasteiger partial charge >= 0.3 is 5.97 Å². The molecule has 0 radical (unpaired) electrons. The van der Waals surface area contributed by atoms with Crippen molar-refractivity contribution in [2.24, 2.45) is 0 Å². The molecule has 2 aromatic heterocycles. The molecule has 3 rings (SSSR count). The maximum Gasteiger partial charge on any atom is 0.326 e. The van der Waals surface area contributed by atoms with E-state index in [1.54, 1.807) is 30.0 Å². The van der Waals surface area contributed by atoms with Gasteiger partial charge in [-0.1, -0.05) is 18.5 Å². The summed E-state index contributed by atoms with van der Waals surface area (Å²) in [6, 6.07) is 6.10. The van der Waals surface area contributed by atoms with Gasteiger partial charge in [-0.2, -0.15) is 0 Å². The molecule has 37 heavy (non-hydrogen) atoms. The zero-order valence-electron chi connectivity index (χ0n) is 21.1. The van der Waals surface area contributed by atoms with Gasteiger partial charge in [0.25, 0.3) is 13.4 Å². The molecule has 12 nitrogen and oxygen atoms in total. The Balaban J connectivity index is 1.76. The number of nitrogens with two attached hydrogens (primary N) is 1. The van der Waals surface area contributed by atoms with Crippen LogP contribution < -0.4 is 15.9 Å². The Bertz CT molecular complexity index is 1300. The zero-order valence-corrected chi connectivity index (χ0v) is 22.8. The van der Waals surface area contributed by atoms with Crippen molar-refractivity contribution in [2.45, 2.75) is 52.3 Å². The second kappa shape index (κ2) is 12.0. The molecule has 0 saturated heterocycles. The molecule has 0 aliphatic rings. The van der Waals surface area contributed by atoms with Gasteiger partial charge in [-0.25, -0.2) is 20.0 Å².